The zero-order chi connectivity index (χ0) is 22.2. The van der Waals surface area contributed by atoms with Crippen molar-refractivity contribution in [2.75, 3.05) is 44.0 Å². The van der Waals surface area contributed by atoms with Crippen molar-refractivity contribution in [1.29, 1.82) is 0 Å². The van der Waals surface area contributed by atoms with Crippen LogP contribution in [-0.2, 0) is 4.74 Å². The van der Waals surface area contributed by atoms with E-state index in [4.69, 9.17) is 31.9 Å². The third kappa shape index (κ3) is 6.10. The fraction of sp³-hybridized carbons (Fsp3) is 0.217. The van der Waals surface area contributed by atoms with Crippen LogP contribution in [0.1, 0.15) is 10.4 Å². The van der Waals surface area contributed by atoms with Crippen LogP contribution in [0.15, 0.2) is 60.8 Å². The molecule has 2 aromatic carbocycles. The van der Waals surface area contributed by atoms with Crippen LogP contribution in [0.3, 0.4) is 0 Å². The number of aromatic carboxylic acids is 1. The average Bonchev–Trinajstić information content (AvgIpc) is 2.81. The van der Waals surface area contributed by atoms with E-state index in [9.17, 15) is 4.79 Å². The largest absolute Gasteiger partial charge is 0.497 e. The molecule has 0 aliphatic carbocycles. The summed E-state index contributed by atoms with van der Waals surface area (Å²) >= 11 is 6.08. The van der Waals surface area contributed by atoms with Gasteiger partial charge in [-0.1, -0.05) is 23.7 Å². The van der Waals surface area contributed by atoms with Gasteiger partial charge in [0.2, 0.25) is 0 Å². The van der Waals surface area contributed by atoms with Gasteiger partial charge in [0.25, 0.3) is 0 Å². The minimum atomic E-state index is -0.971. The summed E-state index contributed by atoms with van der Waals surface area (Å²) in [5, 5.41) is 9.48. The van der Waals surface area contributed by atoms with Gasteiger partial charge in [-0.15, -0.1) is 0 Å². The number of ether oxygens (including phenoxy) is 2. The van der Waals surface area contributed by atoms with Gasteiger partial charge in [-0.05, 0) is 48.0 Å². The number of benzene rings is 2. The topological polar surface area (TPSA) is 97.9 Å². The highest BCUT2D eigenvalue weighted by atomic mass is 35.5. The predicted octanol–water partition coefficient (Wildman–Crippen LogP) is 4.21. The van der Waals surface area contributed by atoms with Crippen molar-refractivity contribution >= 4 is 29.1 Å². The number of carboxylic acids is 1. The number of anilines is 2. The van der Waals surface area contributed by atoms with Crippen molar-refractivity contribution < 1.29 is 19.4 Å². The van der Waals surface area contributed by atoms with E-state index in [1.54, 1.807) is 37.6 Å². The molecule has 0 spiro atoms. The fourth-order valence-corrected chi connectivity index (χ4v) is 3.25. The second-order valence-electron chi connectivity index (χ2n) is 6.78. The molecule has 1 saturated heterocycles. The number of morpholine rings is 1. The first-order chi connectivity index (χ1) is 15.0. The Labute approximate surface area is 186 Å². The lowest BCUT2D eigenvalue weighted by Gasteiger charge is -2.27. The molecule has 0 atom stereocenters. The van der Waals surface area contributed by atoms with Crippen LogP contribution in [0.4, 0.5) is 11.5 Å². The van der Waals surface area contributed by atoms with Gasteiger partial charge in [0.15, 0.2) is 0 Å². The van der Waals surface area contributed by atoms with E-state index in [1.807, 2.05) is 24.3 Å². The van der Waals surface area contributed by atoms with Crippen molar-refractivity contribution in [2.45, 2.75) is 0 Å². The number of nitrogens with zero attached hydrogens (tertiary/aromatic N) is 2. The molecule has 1 aliphatic heterocycles. The standard InChI is InChI=1S/C14H11ClO3.C9H13N3O/c1-18-11-5-2-9(3-6-11)12-8-10(14(16)17)4-7-13(12)15;10-8-1-2-9(11-7-8)12-3-5-13-6-4-12/h2-8H,1H3,(H,16,17);1-2,7H,3-6,10H2. The summed E-state index contributed by atoms with van der Waals surface area (Å²) < 4.78 is 10.3. The number of methoxy groups -OCH3 is 1. The maximum absolute atomic E-state index is 10.9. The Morgan fingerprint density at radius 3 is 2.42 bits per heavy atom. The van der Waals surface area contributed by atoms with E-state index in [1.165, 1.54) is 6.07 Å². The highest BCUT2D eigenvalue weighted by Crippen LogP contribution is 2.30. The van der Waals surface area contributed by atoms with Gasteiger partial charge in [-0.25, -0.2) is 9.78 Å². The molecule has 7 nitrogen and oxygen atoms in total. The lowest BCUT2D eigenvalue weighted by Crippen LogP contribution is -2.36. The molecular formula is C23H24ClN3O4. The first kappa shape index (κ1) is 22.4. The minimum Gasteiger partial charge on any atom is -0.497 e. The molecule has 4 rings (SSSR count). The van der Waals surface area contributed by atoms with Crippen molar-refractivity contribution in [2.24, 2.45) is 0 Å². The summed E-state index contributed by atoms with van der Waals surface area (Å²) in [6, 6.07) is 15.7. The normalized spacial score (nSPS) is 13.2. The van der Waals surface area contributed by atoms with E-state index in [0.29, 0.717) is 16.3 Å². The molecule has 3 N–H and O–H groups in total. The molecule has 0 radical (unpaired) electrons. The Hall–Kier alpha value is -3.29. The van der Waals surface area contributed by atoms with Crippen molar-refractivity contribution in [1.82, 2.24) is 4.98 Å². The van der Waals surface area contributed by atoms with Crippen LogP contribution in [0, 0.1) is 0 Å². The van der Waals surface area contributed by atoms with Crippen LogP contribution in [-0.4, -0.2) is 49.5 Å². The second kappa shape index (κ2) is 10.7. The van der Waals surface area contributed by atoms with Crippen LogP contribution in [0.2, 0.25) is 5.02 Å². The highest BCUT2D eigenvalue weighted by molar-refractivity contribution is 6.33. The van der Waals surface area contributed by atoms with Gasteiger partial charge >= 0.3 is 5.97 Å². The number of halogens is 1. The monoisotopic (exact) mass is 441 g/mol. The third-order valence-electron chi connectivity index (χ3n) is 4.72. The first-order valence-electron chi connectivity index (χ1n) is 9.69. The van der Waals surface area contributed by atoms with E-state index < -0.39 is 5.97 Å². The van der Waals surface area contributed by atoms with E-state index in [0.717, 1.165) is 43.4 Å². The molecule has 1 fully saturated rings. The van der Waals surface area contributed by atoms with Gasteiger partial charge < -0.3 is 25.2 Å². The molecule has 0 amide bonds. The maximum atomic E-state index is 10.9. The van der Waals surface area contributed by atoms with Gasteiger partial charge in [-0.3, -0.25) is 0 Å². The number of nitrogen functional groups attached to an aromatic ring is 1. The summed E-state index contributed by atoms with van der Waals surface area (Å²) in [6.07, 6.45) is 1.69. The Morgan fingerprint density at radius 1 is 1.13 bits per heavy atom. The molecule has 3 aromatic rings. The number of aromatic nitrogens is 1. The van der Waals surface area contributed by atoms with Crippen LogP contribution in [0.5, 0.6) is 5.75 Å². The number of hydrogen-bond donors (Lipinski definition) is 2. The maximum Gasteiger partial charge on any atom is 0.335 e. The summed E-state index contributed by atoms with van der Waals surface area (Å²) in [5.41, 5.74) is 8.01. The fourth-order valence-electron chi connectivity index (χ4n) is 3.03. The number of hydrogen-bond acceptors (Lipinski definition) is 6. The predicted molar refractivity (Wildman–Crippen MR) is 122 cm³/mol. The summed E-state index contributed by atoms with van der Waals surface area (Å²) in [4.78, 5) is 17.4. The quantitative estimate of drug-likeness (QED) is 0.625. The van der Waals surface area contributed by atoms with Crippen LogP contribution >= 0.6 is 11.6 Å². The highest BCUT2D eigenvalue weighted by Gasteiger charge is 2.11. The Morgan fingerprint density at radius 2 is 1.84 bits per heavy atom. The zero-order valence-electron chi connectivity index (χ0n) is 17.1. The van der Waals surface area contributed by atoms with Gasteiger partial charge in [-0.2, -0.15) is 0 Å². The van der Waals surface area contributed by atoms with Crippen molar-refractivity contribution in [3.8, 4) is 16.9 Å². The Kier molecular flexibility index (Phi) is 7.70. The molecule has 1 aliphatic rings. The number of carboxylic acid groups (broad SMARTS) is 1. The molecule has 0 bridgehead atoms. The zero-order valence-corrected chi connectivity index (χ0v) is 17.9. The third-order valence-corrected chi connectivity index (χ3v) is 5.05. The van der Waals surface area contributed by atoms with E-state index in [-0.39, 0.29) is 5.56 Å². The Balaban J connectivity index is 0.000000185. The molecule has 31 heavy (non-hydrogen) atoms. The molecule has 8 heteroatoms. The Bertz CT molecular complexity index is 1000. The number of pyridine rings is 1. The number of nitrogens with two attached hydrogens (primary N) is 1. The van der Waals surface area contributed by atoms with Crippen LogP contribution < -0.4 is 15.4 Å². The molecule has 0 saturated carbocycles. The second-order valence-corrected chi connectivity index (χ2v) is 7.18. The van der Waals surface area contributed by atoms with Gasteiger partial charge in [0, 0.05) is 23.7 Å². The molecule has 1 aromatic heterocycles. The summed E-state index contributed by atoms with van der Waals surface area (Å²) in [7, 11) is 1.59. The van der Waals surface area contributed by atoms with Crippen LogP contribution in [0.25, 0.3) is 11.1 Å². The van der Waals surface area contributed by atoms with E-state index >= 15 is 0 Å². The average molecular weight is 442 g/mol. The van der Waals surface area contributed by atoms with Gasteiger partial charge in [0.1, 0.15) is 11.6 Å². The summed E-state index contributed by atoms with van der Waals surface area (Å²) in [6.45, 7) is 3.39. The van der Waals surface area contributed by atoms with Crippen molar-refractivity contribution in [3.63, 3.8) is 0 Å². The molecule has 2 heterocycles. The van der Waals surface area contributed by atoms with Crippen molar-refractivity contribution in [3.05, 3.63) is 71.4 Å². The lowest BCUT2D eigenvalue weighted by atomic mass is 10.0. The molecular weight excluding hydrogens is 418 g/mol. The summed E-state index contributed by atoms with van der Waals surface area (Å²) in [5.74, 6) is 0.753. The first-order valence-corrected chi connectivity index (χ1v) is 10.1. The number of carbonyl (C=O) groups is 1. The molecule has 162 valence electrons. The van der Waals surface area contributed by atoms with E-state index in [2.05, 4.69) is 9.88 Å². The minimum absolute atomic E-state index is 0.213. The molecule has 0 unspecified atom stereocenters. The SMILES string of the molecule is COc1ccc(-c2cc(C(=O)O)ccc2Cl)cc1.Nc1ccc(N2CCOCC2)nc1. The number of rotatable bonds is 4. The van der Waals surface area contributed by atoms with Gasteiger partial charge in [0.05, 0.1) is 37.8 Å². The lowest BCUT2D eigenvalue weighted by molar-refractivity contribution is 0.0697. The smallest absolute Gasteiger partial charge is 0.335 e.